The Morgan fingerprint density at radius 3 is 2.67 bits per heavy atom. The molecule has 0 saturated carbocycles. The number of nitrogens with one attached hydrogen (secondary N) is 1. The van der Waals surface area contributed by atoms with Gasteiger partial charge in [-0.1, -0.05) is 11.6 Å². The number of amides is 1. The summed E-state index contributed by atoms with van der Waals surface area (Å²) in [5.74, 6) is -1.96. The maximum Gasteiger partial charge on any atom is 0.328 e. The number of carbonyl (C=O) groups is 2. The van der Waals surface area contributed by atoms with Crippen LogP contribution in [0.2, 0.25) is 5.02 Å². The van der Waals surface area contributed by atoms with E-state index in [2.05, 4.69) is 10.3 Å². The summed E-state index contributed by atoms with van der Waals surface area (Å²) >= 11 is 5.90. The first kappa shape index (κ1) is 15.3. The lowest BCUT2D eigenvalue weighted by atomic mass is 10.1. The zero-order valence-electron chi connectivity index (χ0n) is 11.4. The van der Waals surface area contributed by atoms with Gasteiger partial charge in [-0.3, -0.25) is 9.20 Å². The van der Waals surface area contributed by atoms with Crippen LogP contribution < -0.4 is 5.32 Å². The van der Waals surface area contributed by atoms with Crippen LogP contribution >= 0.6 is 11.6 Å². The zero-order valence-corrected chi connectivity index (χ0v) is 12.1. The van der Waals surface area contributed by atoms with Crippen molar-refractivity contribution < 1.29 is 19.8 Å². The van der Waals surface area contributed by atoms with Crippen molar-refractivity contribution in [3.8, 4) is 0 Å². The van der Waals surface area contributed by atoms with Crippen molar-refractivity contribution in [1.82, 2.24) is 14.7 Å². The Bertz CT molecular complexity index is 711. The number of aryl methyl sites for hydroxylation is 1. The Hall–Kier alpha value is -2.12. The van der Waals surface area contributed by atoms with E-state index in [1.54, 1.807) is 19.1 Å². The number of aliphatic carboxylic acids is 1. The second-order valence-electron chi connectivity index (χ2n) is 4.65. The van der Waals surface area contributed by atoms with E-state index < -0.39 is 24.0 Å². The van der Waals surface area contributed by atoms with E-state index in [0.717, 1.165) is 0 Å². The minimum Gasteiger partial charge on any atom is -0.480 e. The highest BCUT2D eigenvalue weighted by atomic mass is 35.5. The Balaban J connectivity index is 2.41. The number of imidazole rings is 1. The quantitative estimate of drug-likeness (QED) is 0.777. The molecule has 0 saturated heterocycles. The Morgan fingerprint density at radius 2 is 2.10 bits per heavy atom. The van der Waals surface area contributed by atoms with E-state index in [-0.39, 0.29) is 5.69 Å². The van der Waals surface area contributed by atoms with Crippen LogP contribution in [-0.2, 0) is 4.79 Å². The van der Waals surface area contributed by atoms with E-state index >= 15 is 0 Å². The monoisotopic (exact) mass is 311 g/mol. The third-order valence-corrected chi connectivity index (χ3v) is 3.23. The molecule has 0 aliphatic carbocycles. The number of fused-ring (bicyclic) bond motifs is 1. The molecule has 21 heavy (non-hydrogen) atoms. The number of pyridine rings is 1. The lowest BCUT2D eigenvalue weighted by molar-refractivity contribution is -0.141. The molecule has 3 N–H and O–H groups in total. The van der Waals surface area contributed by atoms with E-state index in [0.29, 0.717) is 16.4 Å². The molecular formula is C13H14ClN3O4. The largest absolute Gasteiger partial charge is 0.480 e. The van der Waals surface area contributed by atoms with Crippen LogP contribution in [-0.4, -0.2) is 43.6 Å². The predicted molar refractivity (Wildman–Crippen MR) is 75.5 cm³/mol. The van der Waals surface area contributed by atoms with E-state index in [1.165, 1.54) is 17.5 Å². The number of carboxylic acids is 1. The number of nitrogens with zero attached hydrogens (tertiary/aromatic N) is 2. The van der Waals surface area contributed by atoms with Crippen molar-refractivity contribution in [2.45, 2.75) is 26.0 Å². The minimum absolute atomic E-state index is 0.180. The number of carbonyl (C=O) groups excluding carboxylic acids is 1. The zero-order chi connectivity index (χ0) is 15.7. The van der Waals surface area contributed by atoms with Crippen LogP contribution in [0.15, 0.2) is 18.3 Å². The molecule has 0 fully saturated rings. The summed E-state index contributed by atoms with van der Waals surface area (Å²) in [5, 5.41) is 21.1. The fourth-order valence-corrected chi connectivity index (χ4v) is 2.17. The van der Waals surface area contributed by atoms with Crippen LogP contribution in [0.4, 0.5) is 0 Å². The molecule has 2 aromatic rings. The Labute approximate surface area is 125 Å². The Morgan fingerprint density at radius 1 is 1.43 bits per heavy atom. The van der Waals surface area contributed by atoms with Gasteiger partial charge in [0.05, 0.1) is 16.8 Å². The van der Waals surface area contributed by atoms with Crippen LogP contribution in [0.1, 0.15) is 23.1 Å². The number of aliphatic hydroxyl groups excluding tert-OH is 1. The van der Waals surface area contributed by atoms with Crippen LogP contribution in [0.3, 0.4) is 0 Å². The number of aliphatic hydroxyl groups is 1. The van der Waals surface area contributed by atoms with Crippen molar-refractivity contribution in [1.29, 1.82) is 0 Å². The molecule has 112 valence electrons. The molecule has 2 aromatic heterocycles. The summed E-state index contributed by atoms with van der Waals surface area (Å²) in [4.78, 5) is 27.5. The smallest absolute Gasteiger partial charge is 0.328 e. The minimum atomic E-state index is -1.40. The number of carboxylic acid groups (broad SMARTS) is 1. The lowest BCUT2D eigenvalue weighted by Crippen LogP contribution is -2.48. The molecule has 1 amide bonds. The molecule has 0 aromatic carbocycles. The van der Waals surface area contributed by atoms with Gasteiger partial charge < -0.3 is 15.5 Å². The average Bonchev–Trinajstić information content (AvgIpc) is 2.70. The number of rotatable bonds is 4. The average molecular weight is 312 g/mol. The van der Waals surface area contributed by atoms with Crippen molar-refractivity contribution in [3.05, 3.63) is 34.7 Å². The molecule has 0 spiro atoms. The van der Waals surface area contributed by atoms with Gasteiger partial charge in [0.25, 0.3) is 5.91 Å². The highest BCUT2D eigenvalue weighted by Crippen LogP contribution is 2.16. The standard InChI is InChI=1S/C13H14ClN3O4/c1-6-11(12(19)16-10(7(2)18)13(20)21)17-5-8(14)3-4-9(17)15-6/h3-5,7,10,18H,1-2H3,(H,16,19)(H,20,21). The normalized spacial score (nSPS) is 13.9. The molecule has 0 radical (unpaired) electrons. The molecule has 0 bridgehead atoms. The summed E-state index contributed by atoms with van der Waals surface area (Å²) in [6.07, 6.45) is 0.291. The highest BCUT2D eigenvalue weighted by Gasteiger charge is 2.27. The molecule has 7 nitrogen and oxygen atoms in total. The lowest BCUT2D eigenvalue weighted by Gasteiger charge is -2.17. The maximum atomic E-state index is 12.3. The SMILES string of the molecule is Cc1nc2ccc(Cl)cn2c1C(=O)NC(C(=O)O)C(C)O. The third kappa shape index (κ3) is 2.98. The van der Waals surface area contributed by atoms with Crippen LogP contribution in [0, 0.1) is 6.92 Å². The van der Waals surface area contributed by atoms with Gasteiger partial charge in [0, 0.05) is 6.20 Å². The predicted octanol–water partition coefficient (Wildman–Crippen LogP) is 0.860. The summed E-state index contributed by atoms with van der Waals surface area (Å²) in [6.45, 7) is 2.92. The van der Waals surface area contributed by atoms with Crippen LogP contribution in [0.25, 0.3) is 5.65 Å². The molecule has 8 heteroatoms. The topological polar surface area (TPSA) is 104 Å². The molecule has 2 unspecified atom stereocenters. The molecule has 2 heterocycles. The van der Waals surface area contributed by atoms with Crippen molar-refractivity contribution in [3.63, 3.8) is 0 Å². The van der Waals surface area contributed by atoms with Gasteiger partial charge in [0.15, 0.2) is 6.04 Å². The molecule has 0 aliphatic rings. The molecule has 2 atom stereocenters. The van der Waals surface area contributed by atoms with Gasteiger partial charge in [-0.25, -0.2) is 9.78 Å². The summed E-state index contributed by atoms with van der Waals surface area (Å²) in [7, 11) is 0. The Kier molecular flexibility index (Phi) is 4.15. The van der Waals surface area contributed by atoms with E-state index in [9.17, 15) is 14.7 Å². The second-order valence-corrected chi connectivity index (χ2v) is 5.09. The first-order chi connectivity index (χ1) is 9.81. The summed E-state index contributed by atoms with van der Waals surface area (Å²) < 4.78 is 1.48. The van der Waals surface area contributed by atoms with Crippen molar-refractivity contribution in [2.24, 2.45) is 0 Å². The molecule has 0 aliphatic heterocycles. The van der Waals surface area contributed by atoms with Crippen LogP contribution in [0.5, 0.6) is 0 Å². The molecule has 2 rings (SSSR count). The van der Waals surface area contributed by atoms with Gasteiger partial charge in [-0.15, -0.1) is 0 Å². The first-order valence-corrected chi connectivity index (χ1v) is 6.55. The number of aromatic nitrogens is 2. The van der Waals surface area contributed by atoms with Gasteiger partial charge in [-0.05, 0) is 26.0 Å². The first-order valence-electron chi connectivity index (χ1n) is 6.17. The fourth-order valence-electron chi connectivity index (χ4n) is 2.01. The number of hydrogen-bond donors (Lipinski definition) is 3. The van der Waals surface area contributed by atoms with E-state index in [4.69, 9.17) is 16.7 Å². The van der Waals surface area contributed by atoms with Gasteiger partial charge in [0.1, 0.15) is 11.3 Å². The summed E-state index contributed by atoms with van der Waals surface area (Å²) in [5.41, 5.74) is 1.13. The number of halogens is 1. The number of hydrogen-bond acceptors (Lipinski definition) is 4. The van der Waals surface area contributed by atoms with Crippen molar-refractivity contribution >= 4 is 29.1 Å². The highest BCUT2D eigenvalue weighted by molar-refractivity contribution is 6.30. The fraction of sp³-hybridized carbons (Fsp3) is 0.308. The maximum absolute atomic E-state index is 12.3. The van der Waals surface area contributed by atoms with Gasteiger partial charge in [0.2, 0.25) is 0 Å². The summed E-state index contributed by atoms with van der Waals surface area (Å²) in [6, 6.07) is 1.89. The van der Waals surface area contributed by atoms with Gasteiger partial charge >= 0.3 is 5.97 Å². The third-order valence-electron chi connectivity index (χ3n) is 3.01. The second kappa shape index (κ2) is 5.71. The molecular weight excluding hydrogens is 298 g/mol. The van der Waals surface area contributed by atoms with E-state index in [1.807, 2.05) is 0 Å². The van der Waals surface area contributed by atoms with Gasteiger partial charge in [-0.2, -0.15) is 0 Å². The van der Waals surface area contributed by atoms with Crippen molar-refractivity contribution in [2.75, 3.05) is 0 Å².